The molecular formula is C11H11NO4. The molecule has 1 aromatic rings. The minimum atomic E-state index is -1.41. The van der Waals surface area contributed by atoms with Crippen molar-refractivity contribution in [3.05, 3.63) is 47.4 Å². The molecule has 0 aliphatic carbocycles. The van der Waals surface area contributed by atoms with Crippen LogP contribution < -0.4 is 5.73 Å². The fraction of sp³-hybridized carbons (Fsp3) is 0.0909. The van der Waals surface area contributed by atoms with Gasteiger partial charge in [-0.05, 0) is 0 Å². The van der Waals surface area contributed by atoms with Gasteiger partial charge >= 0.3 is 5.97 Å². The van der Waals surface area contributed by atoms with Crippen LogP contribution in [0.1, 0.15) is 10.4 Å². The van der Waals surface area contributed by atoms with Crippen molar-refractivity contribution in [2.75, 3.05) is 7.11 Å². The predicted molar refractivity (Wildman–Crippen MR) is 56.6 cm³/mol. The Morgan fingerprint density at radius 3 is 2.25 bits per heavy atom. The quantitative estimate of drug-likeness (QED) is 0.258. The van der Waals surface area contributed by atoms with Crippen LogP contribution in [-0.4, -0.2) is 24.0 Å². The lowest BCUT2D eigenvalue weighted by Gasteiger charge is -2.05. The van der Waals surface area contributed by atoms with E-state index in [0.29, 0.717) is 0 Å². The average molecular weight is 221 g/mol. The van der Waals surface area contributed by atoms with Gasteiger partial charge in [-0.1, -0.05) is 30.3 Å². The molecule has 5 nitrogen and oxygen atoms in total. The Balaban J connectivity index is 3.18. The number of hydrogen-bond donors (Lipinski definition) is 2. The summed E-state index contributed by atoms with van der Waals surface area (Å²) in [4.78, 5) is 22.7. The Morgan fingerprint density at radius 2 is 1.81 bits per heavy atom. The summed E-state index contributed by atoms with van der Waals surface area (Å²) in [5.41, 5.74) is 5.00. The highest BCUT2D eigenvalue weighted by atomic mass is 16.5. The number of Topliss-reactive ketones (excluding diaryl/α,β-unsaturated/α-hetero) is 1. The Kier molecular flexibility index (Phi) is 3.66. The van der Waals surface area contributed by atoms with Gasteiger partial charge in [-0.25, -0.2) is 4.79 Å². The van der Waals surface area contributed by atoms with Gasteiger partial charge in [-0.2, -0.15) is 0 Å². The molecule has 0 amide bonds. The number of ether oxygens (including phenoxy) is 1. The first-order valence-corrected chi connectivity index (χ1v) is 4.44. The van der Waals surface area contributed by atoms with Crippen LogP contribution in [-0.2, 0) is 9.53 Å². The van der Waals surface area contributed by atoms with E-state index in [2.05, 4.69) is 4.74 Å². The van der Waals surface area contributed by atoms with Crippen molar-refractivity contribution < 1.29 is 19.4 Å². The molecule has 3 N–H and O–H groups in total. The average Bonchev–Trinajstić information content (AvgIpc) is 2.29. The van der Waals surface area contributed by atoms with Crippen LogP contribution in [0.15, 0.2) is 41.8 Å². The number of rotatable bonds is 4. The first kappa shape index (κ1) is 11.8. The molecule has 0 unspecified atom stereocenters. The molecule has 0 bridgehead atoms. The first-order chi connectivity index (χ1) is 7.57. The predicted octanol–water partition coefficient (Wildman–Crippen LogP) is 0.771. The smallest absolute Gasteiger partial charge is 0.345 e. The van der Waals surface area contributed by atoms with Crippen LogP contribution in [0.5, 0.6) is 0 Å². The van der Waals surface area contributed by atoms with Crippen molar-refractivity contribution in [1.82, 2.24) is 0 Å². The molecule has 0 saturated carbocycles. The van der Waals surface area contributed by atoms with E-state index in [4.69, 9.17) is 10.8 Å². The fourth-order valence-corrected chi connectivity index (χ4v) is 1.15. The number of nitrogens with two attached hydrogens (primary N) is 1. The van der Waals surface area contributed by atoms with Gasteiger partial charge < -0.3 is 15.6 Å². The summed E-state index contributed by atoms with van der Waals surface area (Å²) in [6, 6.07) is 8.01. The minimum Gasteiger partial charge on any atom is -0.482 e. The van der Waals surface area contributed by atoms with Crippen molar-refractivity contribution in [3.8, 4) is 0 Å². The van der Waals surface area contributed by atoms with Gasteiger partial charge in [0.15, 0.2) is 5.57 Å². The molecule has 0 saturated heterocycles. The molecule has 16 heavy (non-hydrogen) atoms. The molecule has 0 atom stereocenters. The van der Waals surface area contributed by atoms with Gasteiger partial charge in [0.2, 0.25) is 11.7 Å². The van der Waals surface area contributed by atoms with E-state index in [9.17, 15) is 9.59 Å². The SMILES string of the molecule is COC(N)=C(C(=O)O)C(=O)c1ccccc1. The van der Waals surface area contributed by atoms with Gasteiger partial charge in [0, 0.05) is 5.56 Å². The van der Waals surface area contributed by atoms with Crippen LogP contribution >= 0.6 is 0 Å². The zero-order valence-electron chi connectivity index (χ0n) is 8.64. The maximum absolute atomic E-state index is 11.8. The number of carbonyl (C=O) groups is 2. The topological polar surface area (TPSA) is 89.6 Å². The van der Waals surface area contributed by atoms with E-state index >= 15 is 0 Å². The number of carbonyl (C=O) groups excluding carboxylic acids is 1. The minimum absolute atomic E-state index is 0.250. The fourth-order valence-electron chi connectivity index (χ4n) is 1.15. The van der Waals surface area contributed by atoms with Gasteiger partial charge in [0.25, 0.3) is 0 Å². The molecule has 0 spiro atoms. The summed E-state index contributed by atoms with van der Waals surface area (Å²) in [5.74, 6) is -2.48. The van der Waals surface area contributed by atoms with Crippen LogP contribution in [0.3, 0.4) is 0 Å². The third kappa shape index (κ3) is 2.38. The molecule has 1 aromatic carbocycles. The van der Waals surface area contributed by atoms with Crippen molar-refractivity contribution in [3.63, 3.8) is 0 Å². The number of benzene rings is 1. The van der Waals surface area contributed by atoms with Crippen molar-refractivity contribution >= 4 is 11.8 Å². The van der Waals surface area contributed by atoms with E-state index in [0.717, 1.165) is 0 Å². The van der Waals surface area contributed by atoms with Gasteiger partial charge in [0.05, 0.1) is 7.11 Å². The Morgan fingerprint density at radius 1 is 1.25 bits per heavy atom. The molecular weight excluding hydrogens is 210 g/mol. The number of aliphatic carboxylic acids is 1. The second-order valence-corrected chi connectivity index (χ2v) is 2.94. The molecule has 5 heteroatoms. The van der Waals surface area contributed by atoms with Crippen LogP contribution in [0, 0.1) is 0 Å². The van der Waals surface area contributed by atoms with Gasteiger partial charge in [-0.3, -0.25) is 4.79 Å². The Labute approximate surface area is 92.1 Å². The molecule has 0 aliphatic heterocycles. The zero-order valence-corrected chi connectivity index (χ0v) is 8.64. The van der Waals surface area contributed by atoms with E-state index < -0.39 is 23.2 Å². The number of methoxy groups -OCH3 is 1. The summed E-state index contributed by atoms with van der Waals surface area (Å²) < 4.78 is 4.57. The monoisotopic (exact) mass is 221 g/mol. The van der Waals surface area contributed by atoms with Crippen LogP contribution in [0.25, 0.3) is 0 Å². The number of hydrogen-bond acceptors (Lipinski definition) is 4. The maximum atomic E-state index is 11.8. The second kappa shape index (κ2) is 4.97. The Hall–Kier alpha value is -2.30. The third-order valence-electron chi connectivity index (χ3n) is 1.94. The molecule has 0 heterocycles. The molecule has 84 valence electrons. The molecule has 0 radical (unpaired) electrons. The highest BCUT2D eigenvalue weighted by molar-refractivity contribution is 6.23. The lowest BCUT2D eigenvalue weighted by molar-refractivity contribution is -0.132. The highest BCUT2D eigenvalue weighted by Crippen LogP contribution is 2.10. The number of ketones is 1. The van der Waals surface area contributed by atoms with E-state index in [1.54, 1.807) is 18.2 Å². The summed E-state index contributed by atoms with van der Waals surface area (Å²) in [7, 11) is 1.20. The standard InChI is InChI=1S/C11H11NO4/c1-16-10(12)8(11(14)15)9(13)7-5-3-2-4-6-7/h2-6H,12H2,1H3,(H,14,15). The highest BCUT2D eigenvalue weighted by Gasteiger charge is 2.23. The molecule has 0 aliphatic rings. The molecule has 0 aromatic heterocycles. The van der Waals surface area contributed by atoms with Gasteiger partial charge in [-0.15, -0.1) is 0 Å². The Bertz CT molecular complexity index is 437. The summed E-state index contributed by atoms with van der Waals surface area (Å²) in [6.45, 7) is 0. The van der Waals surface area contributed by atoms with E-state index in [1.807, 2.05) is 0 Å². The summed E-state index contributed by atoms with van der Waals surface area (Å²) in [5, 5.41) is 8.87. The number of carboxylic acid groups (broad SMARTS) is 1. The molecule has 1 rings (SSSR count). The summed E-state index contributed by atoms with van der Waals surface area (Å²) in [6.07, 6.45) is 0. The zero-order chi connectivity index (χ0) is 12.1. The van der Waals surface area contributed by atoms with Crippen LogP contribution in [0.4, 0.5) is 0 Å². The van der Waals surface area contributed by atoms with E-state index in [-0.39, 0.29) is 5.56 Å². The second-order valence-electron chi connectivity index (χ2n) is 2.94. The maximum Gasteiger partial charge on any atom is 0.345 e. The lowest BCUT2D eigenvalue weighted by Crippen LogP contribution is -2.19. The number of carboxylic acids is 1. The largest absolute Gasteiger partial charge is 0.482 e. The lowest BCUT2D eigenvalue weighted by atomic mass is 10.0. The third-order valence-corrected chi connectivity index (χ3v) is 1.94. The summed E-state index contributed by atoms with van der Waals surface area (Å²) >= 11 is 0. The van der Waals surface area contributed by atoms with Gasteiger partial charge in [0.1, 0.15) is 0 Å². The first-order valence-electron chi connectivity index (χ1n) is 4.44. The van der Waals surface area contributed by atoms with Crippen molar-refractivity contribution in [2.45, 2.75) is 0 Å². The normalized spacial score (nSPS) is 11.6. The van der Waals surface area contributed by atoms with Crippen LogP contribution in [0.2, 0.25) is 0 Å². The van der Waals surface area contributed by atoms with E-state index in [1.165, 1.54) is 19.2 Å². The molecule has 0 fully saturated rings. The van der Waals surface area contributed by atoms with Crippen molar-refractivity contribution in [1.29, 1.82) is 0 Å². The van der Waals surface area contributed by atoms with Crippen molar-refractivity contribution in [2.24, 2.45) is 5.73 Å².